The number of halogens is 4. The van der Waals surface area contributed by atoms with E-state index in [1.807, 2.05) is 136 Å². The van der Waals surface area contributed by atoms with Crippen LogP contribution in [0.2, 0.25) is 0 Å². The summed E-state index contributed by atoms with van der Waals surface area (Å²) in [6.07, 6.45) is 3.61. The topological polar surface area (TPSA) is 315 Å². The van der Waals surface area contributed by atoms with Gasteiger partial charge in [0, 0.05) is 106 Å². The third-order valence-electron chi connectivity index (χ3n) is 20.4. The van der Waals surface area contributed by atoms with E-state index in [0.29, 0.717) is 47.5 Å². The SMILES string of the molecule is C.C.CC.COc1cc(C)c2[nH]ccc2c1CN1CCC(C)CC1c1ccc(C(=O)NO)cc1.COc1cc(C)c2c(ccn2C(=O)OC(C)(C)C)c1CN1CCC(C)CC1c1ccc(C(=O)NO)cc1.COc1cc(C)c2c(ccn2C(=O)OC(C)(C)C)c1CN1CCC(C)CC1c1ccc(C(=O)O)cc1.Cl.NO.[2H]C(=O)C(F)(F)F. The number of alkyl halides is 3. The van der Waals surface area contributed by atoms with Gasteiger partial charge in [0.25, 0.3) is 11.8 Å². The number of carbonyl (C=O) groups is 6. The van der Waals surface area contributed by atoms with Gasteiger partial charge in [-0.05, 0) is 244 Å². The van der Waals surface area contributed by atoms with Gasteiger partial charge in [-0.2, -0.15) is 13.2 Å². The predicted octanol–water partition coefficient (Wildman–Crippen LogP) is 19.6. The molecule has 116 heavy (non-hydrogen) atoms. The number of nitrogens with one attached hydrogen (secondary N) is 3. The van der Waals surface area contributed by atoms with Gasteiger partial charge in [-0.3, -0.25) is 48.6 Å². The van der Waals surface area contributed by atoms with Crippen LogP contribution in [0.5, 0.6) is 17.2 Å². The molecule has 3 aliphatic rings. The van der Waals surface area contributed by atoms with Crippen LogP contribution < -0.4 is 31.1 Å². The number of piperidine rings is 3. The monoisotopic (exact) mass is 1640 g/mol. The second kappa shape index (κ2) is 43.9. The number of carboxylic acid groups (broad SMARTS) is 1. The van der Waals surface area contributed by atoms with Crippen molar-refractivity contribution in [3.8, 4) is 17.2 Å². The van der Waals surface area contributed by atoms with Crippen molar-refractivity contribution < 1.29 is 87.7 Å². The van der Waals surface area contributed by atoms with Crippen molar-refractivity contribution in [3.05, 3.63) is 195 Å². The lowest BCUT2D eigenvalue weighted by molar-refractivity contribution is -0.156. The highest BCUT2D eigenvalue weighted by atomic mass is 35.5. The molecule has 12 rings (SSSR count). The number of nitrogens with two attached hydrogens (primary N) is 1. The van der Waals surface area contributed by atoms with E-state index in [4.69, 9.17) is 45.5 Å². The van der Waals surface area contributed by atoms with E-state index < -0.39 is 53.6 Å². The number of fused-ring (bicyclic) bond motifs is 3. The summed E-state index contributed by atoms with van der Waals surface area (Å²) in [7, 11) is 5.09. The summed E-state index contributed by atoms with van der Waals surface area (Å²) >= 11 is 0. The third kappa shape index (κ3) is 25.1. The number of ether oxygens (including phenoxy) is 5. The molecule has 28 heteroatoms. The molecule has 3 fully saturated rings. The fraction of sp³-hybridized carbons (Fsp3) is 0.455. The maximum absolute atomic E-state index is 13.0. The fourth-order valence-electron chi connectivity index (χ4n) is 15.0. The van der Waals surface area contributed by atoms with Gasteiger partial charge >= 0.3 is 24.3 Å². The number of carboxylic acids is 1. The number of aldehydes is 1. The maximum atomic E-state index is 13.0. The Labute approximate surface area is 687 Å². The number of carbonyl (C=O) groups excluding carboxylic acids is 5. The molecule has 6 unspecified atom stereocenters. The number of nitrogens with zero attached hydrogens (tertiary/aromatic N) is 5. The van der Waals surface area contributed by atoms with Crippen molar-refractivity contribution in [2.45, 2.75) is 205 Å². The Hall–Kier alpha value is -9.84. The number of aromatic nitrogens is 3. The molecule has 0 spiro atoms. The van der Waals surface area contributed by atoms with Crippen LogP contribution in [0.4, 0.5) is 22.8 Å². The van der Waals surface area contributed by atoms with Gasteiger partial charge in [-0.25, -0.2) is 31.2 Å². The summed E-state index contributed by atoms with van der Waals surface area (Å²) in [5.41, 5.74) is 15.9. The highest BCUT2D eigenvalue weighted by Gasteiger charge is 2.35. The summed E-state index contributed by atoms with van der Waals surface area (Å²) < 4.78 is 69.2. The minimum absolute atomic E-state index is 0. The van der Waals surface area contributed by atoms with Gasteiger partial charge in [0.2, 0.25) is 6.26 Å². The van der Waals surface area contributed by atoms with Gasteiger partial charge in [-0.1, -0.05) is 85.9 Å². The lowest BCUT2D eigenvalue weighted by Gasteiger charge is -2.39. The van der Waals surface area contributed by atoms with Crippen LogP contribution in [0.3, 0.4) is 0 Å². The molecule has 6 aromatic carbocycles. The molecule has 24 nitrogen and oxygen atoms in total. The Morgan fingerprint density at radius 2 is 0.836 bits per heavy atom. The fourth-order valence-corrected chi connectivity index (χ4v) is 15.0. The molecule has 0 aliphatic carbocycles. The number of methoxy groups -OCH3 is 3. The standard InChI is InChI=1S/C29H37N3O5.C29H36N2O5.C24H29N3O3.C2HF3O.C2H6.2CH4.ClH.H3NO/c1-18-11-13-31(24(15-18)20-7-9-21(10-8-20)27(33)30-35)17-23-22-12-14-32(28(34)37-29(3,4)5)26(22)19(2)16-25(23)36-6;1-18-11-13-30(24(15-18)20-7-9-21(10-8-20)27(32)33)17-23-22-12-14-31(28(34)36-29(3,4)5)26(22)19(2)16-25(23)35-6;1-15-9-11-27(21(12-15)17-4-6-18(7-5-17)24(28)26-29)14-20-19-8-10-25-23(19)16(2)13-22(20)30-3;3-2(4,5)1-6;1-2;;;;1-2/h7-10,12,14,16,18,24,35H,11,13,15,17H2,1-6H3,(H,30,33);7-10,12,14,16,18,24H,11,13,15,17H2,1-6H3,(H,32,33);4-8,10,13,15,21,25,29H,9,11-12,14H2,1-3H3,(H,26,28);1H;1-2H3;2*1H4;1H;2H,1H2/i;;;1D;;;;;. The number of hydroxylamine groups is 2. The van der Waals surface area contributed by atoms with Crippen LogP contribution >= 0.6 is 12.4 Å². The molecule has 3 aromatic heterocycles. The molecule has 6 heterocycles. The number of aryl methyl sites for hydroxylation is 3. The van der Waals surface area contributed by atoms with Crippen molar-refractivity contribution in [3.63, 3.8) is 0 Å². The van der Waals surface area contributed by atoms with Gasteiger partial charge in [0.05, 0.1) is 37.9 Å². The molecule has 6 atom stereocenters. The molecular formula is C88H121ClF3N9O15. The first-order chi connectivity index (χ1) is 54.0. The van der Waals surface area contributed by atoms with Crippen LogP contribution in [-0.2, 0) is 33.9 Å². The average Bonchev–Trinajstić information content (AvgIpc) is 1.66. The number of amides is 2. The van der Waals surface area contributed by atoms with Crippen LogP contribution in [0.15, 0.2) is 128 Å². The van der Waals surface area contributed by atoms with Gasteiger partial charge in [0.1, 0.15) is 29.8 Å². The molecule has 3 aliphatic heterocycles. The van der Waals surface area contributed by atoms with Crippen molar-refractivity contribution in [2.24, 2.45) is 23.7 Å². The van der Waals surface area contributed by atoms with E-state index >= 15 is 0 Å². The molecule has 3 saturated heterocycles. The first kappa shape index (κ1) is 96.7. The first-order valence-corrected chi connectivity index (χ1v) is 37.9. The Kier molecular flexibility index (Phi) is 36.6. The quantitative estimate of drug-likeness (QED) is 0.0269. The van der Waals surface area contributed by atoms with Crippen LogP contribution in [-0.4, -0.2) is 144 Å². The highest BCUT2D eigenvalue weighted by molar-refractivity contribution is 5.97. The van der Waals surface area contributed by atoms with Gasteiger partial charge < -0.3 is 39.0 Å². The van der Waals surface area contributed by atoms with Crippen molar-refractivity contribution in [2.75, 3.05) is 41.0 Å². The minimum atomic E-state index is -4.97. The second-order valence-electron chi connectivity index (χ2n) is 30.7. The van der Waals surface area contributed by atoms with Crippen LogP contribution in [0.1, 0.15) is 230 Å². The van der Waals surface area contributed by atoms with Crippen LogP contribution in [0.25, 0.3) is 32.7 Å². The van der Waals surface area contributed by atoms with E-state index in [9.17, 15) is 42.3 Å². The Morgan fingerprint density at radius 3 is 1.12 bits per heavy atom. The summed E-state index contributed by atoms with van der Waals surface area (Å²) in [4.78, 5) is 80.5. The molecule has 9 aromatic rings. The Balaban J connectivity index is 0.000000344. The number of aromatic amines is 1. The molecule has 0 bridgehead atoms. The predicted molar refractivity (Wildman–Crippen MR) is 449 cm³/mol. The van der Waals surface area contributed by atoms with E-state index in [2.05, 4.69) is 65.4 Å². The van der Waals surface area contributed by atoms with Gasteiger partial charge in [-0.15, -0.1) is 12.4 Å². The molecule has 0 saturated carbocycles. The normalized spacial score (nSPS) is 17.7. The summed E-state index contributed by atoms with van der Waals surface area (Å²) in [6, 6.07) is 34.9. The minimum Gasteiger partial charge on any atom is -0.496 e. The van der Waals surface area contributed by atoms with Gasteiger partial charge in [0.15, 0.2) is 0 Å². The summed E-state index contributed by atoms with van der Waals surface area (Å²) in [5, 5.41) is 36.8. The molecular weight excluding hydrogens is 1520 g/mol. The zero-order valence-corrected chi connectivity index (χ0v) is 69.0. The molecule has 9 N–H and O–H groups in total. The van der Waals surface area contributed by atoms with Crippen molar-refractivity contribution in [1.82, 2.24) is 39.8 Å². The summed E-state index contributed by atoms with van der Waals surface area (Å²) in [5.74, 6) is 5.84. The average molecular weight is 1640 g/mol. The molecule has 636 valence electrons. The van der Waals surface area contributed by atoms with E-state index in [-0.39, 0.29) is 45.4 Å². The number of likely N-dealkylation sites (tertiary alicyclic amines) is 3. The Morgan fingerprint density at radius 1 is 0.534 bits per heavy atom. The number of rotatable bonds is 15. The number of benzene rings is 6. The Bertz CT molecular complexity index is 4770. The van der Waals surface area contributed by atoms with E-state index in [1.54, 1.807) is 90.2 Å². The third-order valence-corrected chi connectivity index (χ3v) is 20.4. The maximum Gasteiger partial charge on any atom is 0.446 e. The zero-order valence-electron chi connectivity index (χ0n) is 69.2. The summed E-state index contributed by atoms with van der Waals surface area (Å²) in [6.45, 7) is 33.0. The lowest BCUT2D eigenvalue weighted by Crippen LogP contribution is -2.36. The van der Waals surface area contributed by atoms with E-state index in [1.165, 1.54) is 22.1 Å². The van der Waals surface area contributed by atoms with E-state index in [0.717, 1.165) is 143 Å². The lowest BCUT2D eigenvalue weighted by atomic mass is 9.87. The first-order valence-electron chi connectivity index (χ1n) is 38.4. The van der Waals surface area contributed by atoms with Crippen molar-refractivity contribution in [1.29, 1.82) is 0 Å². The van der Waals surface area contributed by atoms with Crippen LogP contribution in [0, 0.1) is 38.5 Å². The smallest absolute Gasteiger partial charge is 0.446 e. The molecule has 0 radical (unpaired) electrons. The number of hydrogen-bond acceptors (Lipinski definition) is 18. The number of H-pyrrole nitrogens is 1. The second-order valence-corrected chi connectivity index (χ2v) is 30.7. The van der Waals surface area contributed by atoms with Crippen molar-refractivity contribution >= 4 is 81.3 Å². The zero-order chi connectivity index (χ0) is 84.4. The largest absolute Gasteiger partial charge is 0.496 e. The highest BCUT2D eigenvalue weighted by Crippen LogP contribution is 2.44. The number of aromatic carboxylic acids is 1. The molecule has 2 amide bonds. The number of hydrogen-bond donors (Lipinski definition) is 8.